The topological polar surface area (TPSA) is 29.9 Å². The minimum Gasteiger partial charge on any atom is -0.350 e. The molecule has 0 aliphatic carbocycles. The van der Waals surface area contributed by atoms with E-state index in [1.807, 2.05) is 17.8 Å². The summed E-state index contributed by atoms with van der Waals surface area (Å²) in [7, 11) is 1.96. The molecular formula is C14H18FN3. The van der Waals surface area contributed by atoms with Gasteiger partial charge >= 0.3 is 0 Å². The molecule has 0 bridgehead atoms. The van der Waals surface area contributed by atoms with E-state index in [-0.39, 0.29) is 5.82 Å². The monoisotopic (exact) mass is 247 g/mol. The predicted molar refractivity (Wildman–Crippen MR) is 69.8 cm³/mol. The Morgan fingerprint density at radius 2 is 2.28 bits per heavy atom. The predicted octanol–water partition coefficient (Wildman–Crippen LogP) is 2.74. The lowest BCUT2D eigenvalue weighted by Crippen LogP contribution is -2.14. The highest BCUT2D eigenvalue weighted by Gasteiger charge is 2.08. The normalized spacial score (nSPS) is 12.6. The Hall–Kier alpha value is -1.68. The number of halogens is 1. The van der Waals surface area contributed by atoms with Gasteiger partial charge in [-0.3, -0.25) is 4.98 Å². The molecule has 0 spiro atoms. The van der Waals surface area contributed by atoms with Crippen molar-refractivity contribution in [3.8, 4) is 0 Å². The molecular weight excluding hydrogens is 229 g/mol. The first-order chi connectivity index (χ1) is 8.72. The first-order valence-corrected chi connectivity index (χ1v) is 6.15. The van der Waals surface area contributed by atoms with Gasteiger partial charge in [0.15, 0.2) is 0 Å². The second-order valence-electron chi connectivity index (χ2n) is 4.38. The second kappa shape index (κ2) is 5.78. The minimum atomic E-state index is -0.290. The summed E-state index contributed by atoms with van der Waals surface area (Å²) in [6.07, 6.45) is 8.06. The van der Waals surface area contributed by atoms with Crippen molar-refractivity contribution < 1.29 is 4.39 Å². The Morgan fingerprint density at radius 1 is 1.44 bits per heavy atom. The lowest BCUT2D eigenvalue weighted by molar-refractivity contribution is 0.575. The van der Waals surface area contributed by atoms with Gasteiger partial charge in [0.1, 0.15) is 5.82 Å². The fourth-order valence-electron chi connectivity index (χ4n) is 2.12. The SMILES string of the molecule is CCC(NC)c1ccn(Cc2cncc(F)c2)c1. The van der Waals surface area contributed by atoms with Gasteiger partial charge in [0, 0.05) is 31.2 Å². The van der Waals surface area contributed by atoms with E-state index in [1.165, 1.54) is 17.8 Å². The highest BCUT2D eigenvalue weighted by molar-refractivity contribution is 5.18. The molecule has 4 heteroatoms. The average Bonchev–Trinajstić information content (AvgIpc) is 2.79. The summed E-state index contributed by atoms with van der Waals surface area (Å²) >= 11 is 0. The van der Waals surface area contributed by atoms with E-state index in [0.717, 1.165) is 12.0 Å². The summed E-state index contributed by atoms with van der Waals surface area (Å²) < 4.78 is 15.1. The summed E-state index contributed by atoms with van der Waals surface area (Å²) in [5.41, 5.74) is 2.12. The minimum absolute atomic E-state index is 0.290. The molecule has 0 amide bonds. The van der Waals surface area contributed by atoms with Crippen molar-refractivity contribution in [2.24, 2.45) is 0 Å². The quantitative estimate of drug-likeness (QED) is 0.880. The van der Waals surface area contributed by atoms with Crippen LogP contribution in [0.1, 0.15) is 30.5 Å². The molecule has 18 heavy (non-hydrogen) atoms. The standard InChI is InChI=1S/C14H18FN3/c1-3-14(16-2)12-4-5-18(10-12)9-11-6-13(15)8-17-7-11/h4-8,10,14,16H,3,9H2,1-2H3. The number of nitrogens with one attached hydrogen (secondary N) is 1. The van der Waals surface area contributed by atoms with E-state index in [9.17, 15) is 4.39 Å². The van der Waals surface area contributed by atoms with Gasteiger partial charge in [0.25, 0.3) is 0 Å². The molecule has 3 nitrogen and oxygen atoms in total. The molecule has 2 aromatic heterocycles. The fourth-order valence-corrected chi connectivity index (χ4v) is 2.12. The highest BCUT2D eigenvalue weighted by Crippen LogP contribution is 2.17. The van der Waals surface area contributed by atoms with Crippen LogP contribution in [0.15, 0.2) is 36.9 Å². The maximum absolute atomic E-state index is 13.0. The van der Waals surface area contributed by atoms with Crippen LogP contribution in [0.2, 0.25) is 0 Å². The third-order valence-electron chi connectivity index (χ3n) is 3.06. The number of nitrogens with zero attached hydrogens (tertiary/aromatic N) is 2. The molecule has 1 unspecified atom stereocenters. The average molecular weight is 247 g/mol. The first kappa shape index (κ1) is 12.8. The van der Waals surface area contributed by atoms with Crippen LogP contribution in [0.5, 0.6) is 0 Å². The maximum Gasteiger partial charge on any atom is 0.141 e. The molecule has 0 aromatic carbocycles. The number of hydrogen-bond acceptors (Lipinski definition) is 2. The van der Waals surface area contributed by atoms with Crippen LogP contribution in [0, 0.1) is 5.82 Å². The van der Waals surface area contributed by atoms with Gasteiger partial charge in [-0.25, -0.2) is 4.39 Å². The zero-order valence-electron chi connectivity index (χ0n) is 10.7. The maximum atomic E-state index is 13.0. The van der Waals surface area contributed by atoms with Crippen LogP contribution >= 0.6 is 0 Å². The van der Waals surface area contributed by atoms with Crippen molar-refractivity contribution in [2.45, 2.75) is 25.9 Å². The Bertz CT molecular complexity index is 503. The van der Waals surface area contributed by atoms with Crippen LogP contribution < -0.4 is 5.32 Å². The summed E-state index contributed by atoms with van der Waals surface area (Å²) in [4.78, 5) is 3.85. The Balaban J connectivity index is 2.11. The number of aromatic nitrogens is 2. The third kappa shape index (κ3) is 2.96. The molecule has 1 atom stereocenters. The summed E-state index contributed by atoms with van der Waals surface area (Å²) in [5, 5.41) is 3.27. The van der Waals surface area contributed by atoms with Gasteiger partial charge in [-0.1, -0.05) is 6.92 Å². The molecule has 2 aromatic rings. The summed E-state index contributed by atoms with van der Waals surface area (Å²) in [6, 6.07) is 3.98. The molecule has 0 saturated heterocycles. The van der Waals surface area contributed by atoms with Gasteiger partial charge < -0.3 is 9.88 Å². The van der Waals surface area contributed by atoms with Gasteiger partial charge in [0.2, 0.25) is 0 Å². The van der Waals surface area contributed by atoms with Crippen molar-refractivity contribution in [1.29, 1.82) is 0 Å². The van der Waals surface area contributed by atoms with Crippen molar-refractivity contribution >= 4 is 0 Å². The molecule has 2 heterocycles. The van der Waals surface area contributed by atoms with E-state index >= 15 is 0 Å². The molecule has 0 fully saturated rings. The largest absolute Gasteiger partial charge is 0.350 e. The molecule has 1 N–H and O–H groups in total. The van der Waals surface area contributed by atoms with E-state index in [0.29, 0.717) is 12.6 Å². The van der Waals surface area contributed by atoms with Gasteiger partial charge in [0.05, 0.1) is 6.20 Å². The molecule has 0 radical (unpaired) electrons. The summed E-state index contributed by atoms with van der Waals surface area (Å²) in [5.74, 6) is -0.290. The number of hydrogen-bond donors (Lipinski definition) is 1. The summed E-state index contributed by atoms with van der Waals surface area (Å²) in [6.45, 7) is 2.79. The molecule has 0 aliphatic rings. The first-order valence-electron chi connectivity index (χ1n) is 6.15. The van der Waals surface area contributed by atoms with Crippen molar-refractivity contribution in [1.82, 2.24) is 14.9 Å². The van der Waals surface area contributed by atoms with Crippen LogP contribution in [0.25, 0.3) is 0 Å². The van der Waals surface area contributed by atoms with Gasteiger partial charge in [-0.15, -0.1) is 0 Å². The molecule has 2 rings (SSSR count). The van der Waals surface area contributed by atoms with Gasteiger partial charge in [-0.05, 0) is 36.7 Å². The Morgan fingerprint density at radius 3 is 2.94 bits per heavy atom. The number of pyridine rings is 1. The van der Waals surface area contributed by atoms with E-state index in [1.54, 1.807) is 6.20 Å². The Kier molecular flexibility index (Phi) is 4.10. The highest BCUT2D eigenvalue weighted by atomic mass is 19.1. The van der Waals surface area contributed by atoms with Crippen LogP contribution in [0.4, 0.5) is 4.39 Å². The van der Waals surface area contributed by atoms with E-state index in [4.69, 9.17) is 0 Å². The zero-order valence-corrected chi connectivity index (χ0v) is 10.7. The van der Waals surface area contributed by atoms with Crippen LogP contribution in [-0.2, 0) is 6.54 Å². The third-order valence-corrected chi connectivity index (χ3v) is 3.06. The molecule has 0 aliphatic heterocycles. The smallest absolute Gasteiger partial charge is 0.141 e. The van der Waals surface area contributed by atoms with E-state index in [2.05, 4.69) is 29.5 Å². The van der Waals surface area contributed by atoms with Crippen molar-refractivity contribution in [3.05, 3.63) is 53.9 Å². The second-order valence-corrected chi connectivity index (χ2v) is 4.38. The fraction of sp³-hybridized carbons (Fsp3) is 0.357. The van der Waals surface area contributed by atoms with Crippen molar-refractivity contribution in [2.75, 3.05) is 7.05 Å². The van der Waals surface area contributed by atoms with Crippen LogP contribution in [0.3, 0.4) is 0 Å². The molecule has 0 saturated carbocycles. The van der Waals surface area contributed by atoms with Gasteiger partial charge in [-0.2, -0.15) is 0 Å². The molecule has 96 valence electrons. The van der Waals surface area contributed by atoms with Crippen molar-refractivity contribution in [3.63, 3.8) is 0 Å². The lowest BCUT2D eigenvalue weighted by atomic mass is 10.1. The van der Waals surface area contributed by atoms with Crippen LogP contribution in [-0.4, -0.2) is 16.6 Å². The zero-order chi connectivity index (χ0) is 13.0. The number of rotatable bonds is 5. The van der Waals surface area contributed by atoms with E-state index < -0.39 is 0 Å². The Labute approximate surface area is 107 Å². The lowest BCUT2D eigenvalue weighted by Gasteiger charge is -2.11.